The molecule has 5 nitrogen and oxygen atoms in total. The van der Waals surface area contributed by atoms with E-state index >= 15 is 0 Å². The number of nitrogens with zero attached hydrogens (tertiary/aromatic N) is 2. The monoisotopic (exact) mass is 378 g/mol. The van der Waals surface area contributed by atoms with Gasteiger partial charge in [-0.15, -0.1) is 0 Å². The van der Waals surface area contributed by atoms with Gasteiger partial charge in [-0.1, -0.05) is 55.8 Å². The van der Waals surface area contributed by atoms with E-state index in [-0.39, 0.29) is 24.7 Å². The van der Waals surface area contributed by atoms with Crippen molar-refractivity contribution < 1.29 is 14.3 Å². The summed E-state index contributed by atoms with van der Waals surface area (Å²) in [4.78, 5) is 25.6. The number of rotatable bonds is 9. The Labute approximate surface area is 166 Å². The van der Waals surface area contributed by atoms with E-state index in [9.17, 15) is 14.9 Å². The molecule has 0 radical (unpaired) electrons. The smallest absolute Gasteiger partial charge is 0.306 e. The Morgan fingerprint density at radius 2 is 1.79 bits per heavy atom. The van der Waals surface area contributed by atoms with Crippen molar-refractivity contribution in [2.75, 3.05) is 13.7 Å². The van der Waals surface area contributed by atoms with Crippen LogP contribution in [0.3, 0.4) is 0 Å². The Morgan fingerprint density at radius 1 is 1.07 bits per heavy atom. The molecule has 0 atom stereocenters. The number of amides is 1. The zero-order chi connectivity index (χ0) is 20.4. The van der Waals surface area contributed by atoms with Gasteiger partial charge >= 0.3 is 5.97 Å². The van der Waals surface area contributed by atoms with Crippen LogP contribution in [0.5, 0.6) is 0 Å². The summed E-state index contributed by atoms with van der Waals surface area (Å²) in [6.07, 6.45) is 2.16. The number of hydrogen-bond donors (Lipinski definition) is 0. The van der Waals surface area contributed by atoms with Gasteiger partial charge in [0.05, 0.1) is 25.2 Å². The van der Waals surface area contributed by atoms with Crippen molar-refractivity contribution in [2.45, 2.75) is 39.2 Å². The highest BCUT2D eigenvalue weighted by atomic mass is 16.5. The zero-order valence-electron chi connectivity index (χ0n) is 16.5. The lowest BCUT2D eigenvalue weighted by molar-refractivity contribution is -0.143. The van der Waals surface area contributed by atoms with Gasteiger partial charge in [-0.2, -0.15) is 5.26 Å². The maximum Gasteiger partial charge on any atom is 0.306 e. The van der Waals surface area contributed by atoms with Crippen LogP contribution in [0.15, 0.2) is 48.5 Å². The molecule has 0 aliphatic carbocycles. The zero-order valence-corrected chi connectivity index (χ0v) is 16.5. The molecule has 0 aliphatic rings. The fourth-order valence-corrected chi connectivity index (χ4v) is 2.95. The van der Waals surface area contributed by atoms with Crippen molar-refractivity contribution in [1.82, 2.24) is 4.90 Å². The van der Waals surface area contributed by atoms with Crippen LogP contribution in [0, 0.1) is 11.3 Å². The first kappa shape index (κ1) is 21.2. The number of methoxy groups -OCH3 is 1. The first-order chi connectivity index (χ1) is 13.6. The van der Waals surface area contributed by atoms with Crippen LogP contribution in [0.4, 0.5) is 0 Å². The van der Waals surface area contributed by atoms with Gasteiger partial charge in [0.1, 0.15) is 0 Å². The first-order valence-electron chi connectivity index (χ1n) is 9.52. The lowest BCUT2D eigenvalue weighted by Crippen LogP contribution is -2.31. The summed E-state index contributed by atoms with van der Waals surface area (Å²) in [7, 11) is 1.33. The molecule has 2 aromatic rings. The minimum absolute atomic E-state index is 0.0437. The van der Waals surface area contributed by atoms with Crippen LogP contribution in [-0.2, 0) is 20.9 Å². The molecule has 1 amide bonds. The molecular weight excluding hydrogens is 352 g/mol. The molecule has 0 bridgehead atoms. The average Bonchev–Trinajstić information content (AvgIpc) is 2.75. The molecule has 0 saturated carbocycles. The number of benzene rings is 2. The van der Waals surface area contributed by atoms with E-state index in [1.165, 1.54) is 7.11 Å². The topological polar surface area (TPSA) is 70.4 Å². The van der Waals surface area contributed by atoms with Crippen molar-refractivity contribution >= 4 is 11.9 Å². The molecule has 0 N–H and O–H groups in total. The van der Waals surface area contributed by atoms with Gasteiger partial charge < -0.3 is 9.64 Å². The standard InChI is InChI=1S/C23H26N2O3/c1-3-4-15-25(22(26)13-14-23(27)28-2)17-18-9-11-19(12-10-18)21-8-6-5-7-20(21)16-24/h5-12H,3-4,13-15,17H2,1-2H3. The average molecular weight is 378 g/mol. The Bertz CT molecular complexity index is 838. The van der Waals surface area contributed by atoms with Crippen LogP contribution < -0.4 is 0 Å². The van der Waals surface area contributed by atoms with Gasteiger partial charge in [0.25, 0.3) is 0 Å². The number of ether oxygens (including phenoxy) is 1. The molecule has 0 saturated heterocycles. The number of unbranched alkanes of at least 4 members (excludes halogenated alkanes) is 1. The minimum Gasteiger partial charge on any atom is -0.469 e. The summed E-state index contributed by atoms with van der Waals surface area (Å²) in [5, 5.41) is 9.28. The van der Waals surface area contributed by atoms with Crippen molar-refractivity contribution in [3.8, 4) is 17.2 Å². The van der Waals surface area contributed by atoms with Crippen molar-refractivity contribution in [3.05, 3.63) is 59.7 Å². The van der Waals surface area contributed by atoms with E-state index in [4.69, 9.17) is 0 Å². The number of carbonyl (C=O) groups excluding carboxylic acids is 2. The molecule has 2 aromatic carbocycles. The maximum atomic E-state index is 12.5. The molecule has 0 unspecified atom stereocenters. The van der Waals surface area contributed by atoms with E-state index in [0.717, 1.165) is 29.5 Å². The maximum absolute atomic E-state index is 12.5. The fourth-order valence-electron chi connectivity index (χ4n) is 2.95. The highest BCUT2D eigenvalue weighted by Gasteiger charge is 2.15. The molecule has 0 aliphatic heterocycles. The van der Waals surface area contributed by atoms with Gasteiger partial charge in [0.15, 0.2) is 0 Å². The van der Waals surface area contributed by atoms with Crippen LogP contribution in [0.25, 0.3) is 11.1 Å². The van der Waals surface area contributed by atoms with Crippen molar-refractivity contribution in [1.29, 1.82) is 5.26 Å². The van der Waals surface area contributed by atoms with E-state index in [0.29, 0.717) is 18.7 Å². The number of esters is 1. The number of hydrogen-bond acceptors (Lipinski definition) is 4. The highest BCUT2D eigenvalue weighted by molar-refractivity contribution is 5.81. The van der Waals surface area contributed by atoms with E-state index < -0.39 is 0 Å². The summed E-state index contributed by atoms with van der Waals surface area (Å²) in [6.45, 7) is 3.24. The molecule has 0 spiro atoms. The predicted octanol–water partition coefficient (Wildman–Crippen LogP) is 4.31. The van der Waals surface area contributed by atoms with Gasteiger partial charge in [-0.25, -0.2) is 0 Å². The molecule has 2 rings (SSSR count). The molecule has 5 heteroatoms. The second-order valence-electron chi connectivity index (χ2n) is 6.60. The van der Waals surface area contributed by atoms with Gasteiger partial charge in [-0.3, -0.25) is 9.59 Å². The Kier molecular flexibility index (Phi) is 8.23. The lowest BCUT2D eigenvalue weighted by atomic mass is 9.99. The SMILES string of the molecule is CCCCN(Cc1ccc(-c2ccccc2C#N)cc1)C(=O)CCC(=O)OC. The third kappa shape index (κ3) is 5.95. The summed E-state index contributed by atoms with van der Waals surface area (Å²) in [6, 6.07) is 17.6. The molecular formula is C23H26N2O3. The second-order valence-corrected chi connectivity index (χ2v) is 6.60. The normalized spacial score (nSPS) is 10.2. The largest absolute Gasteiger partial charge is 0.469 e. The summed E-state index contributed by atoms with van der Waals surface area (Å²) >= 11 is 0. The minimum atomic E-state index is -0.371. The third-order valence-electron chi connectivity index (χ3n) is 4.59. The lowest BCUT2D eigenvalue weighted by Gasteiger charge is -2.23. The summed E-state index contributed by atoms with van der Waals surface area (Å²) in [5.41, 5.74) is 3.52. The second kappa shape index (κ2) is 10.9. The van der Waals surface area contributed by atoms with Crippen molar-refractivity contribution in [3.63, 3.8) is 0 Å². The van der Waals surface area contributed by atoms with E-state index in [2.05, 4.69) is 17.7 Å². The summed E-state index contributed by atoms with van der Waals surface area (Å²) < 4.78 is 4.62. The number of nitriles is 1. The Morgan fingerprint density at radius 3 is 2.43 bits per heavy atom. The quantitative estimate of drug-likeness (QED) is 0.610. The molecule has 0 aromatic heterocycles. The van der Waals surface area contributed by atoms with Gasteiger partial charge in [-0.05, 0) is 29.2 Å². The first-order valence-corrected chi connectivity index (χ1v) is 9.52. The Hall–Kier alpha value is -3.13. The molecule has 146 valence electrons. The molecule has 0 heterocycles. The van der Waals surface area contributed by atoms with Gasteiger partial charge in [0, 0.05) is 19.5 Å². The fraction of sp³-hybridized carbons (Fsp3) is 0.348. The molecule has 28 heavy (non-hydrogen) atoms. The van der Waals surface area contributed by atoms with E-state index in [1.807, 2.05) is 42.5 Å². The Balaban J connectivity index is 2.10. The summed E-state index contributed by atoms with van der Waals surface area (Å²) in [5.74, 6) is -0.415. The van der Waals surface area contributed by atoms with Crippen LogP contribution in [0.1, 0.15) is 43.7 Å². The highest BCUT2D eigenvalue weighted by Crippen LogP contribution is 2.24. The van der Waals surface area contributed by atoms with Crippen LogP contribution in [-0.4, -0.2) is 30.4 Å². The third-order valence-corrected chi connectivity index (χ3v) is 4.59. The van der Waals surface area contributed by atoms with Crippen molar-refractivity contribution in [2.24, 2.45) is 0 Å². The van der Waals surface area contributed by atoms with Crippen LogP contribution >= 0.6 is 0 Å². The van der Waals surface area contributed by atoms with E-state index in [1.54, 1.807) is 11.0 Å². The number of carbonyl (C=O) groups is 2. The van der Waals surface area contributed by atoms with Gasteiger partial charge in [0.2, 0.25) is 5.91 Å². The predicted molar refractivity (Wildman–Crippen MR) is 108 cm³/mol. The van der Waals surface area contributed by atoms with Crippen LogP contribution in [0.2, 0.25) is 0 Å². The molecule has 0 fully saturated rings.